The predicted octanol–water partition coefficient (Wildman–Crippen LogP) is 1.73. The molecule has 0 atom stereocenters. The highest BCUT2D eigenvalue weighted by atomic mass is 35.5. The molecule has 0 unspecified atom stereocenters. The number of carbonyl (C=O) groups excluding carboxylic acids is 1. The van der Waals surface area contributed by atoms with Gasteiger partial charge < -0.3 is 10.6 Å². The summed E-state index contributed by atoms with van der Waals surface area (Å²) in [5.41, 5.74) is 7.28. The molecule has 2 rings (SSSR count). The molecular weight excluding hydrogens is 224 g/mol. The Morgan fingerprint density at radius 1 is 1.38 bits per heavy atom. The van der Waals surface area contributed by atoms with Gasteiger partial charge >= 0.3 is 0 Å². The molecular formula is C12H17ClN2O. The van der Waals surface area contributed by atoms with Crippen LogP contribution in [0.4, 0.5) is 5.69 Å². The Balaban J connectivity index is 0.00000128. The fourth-order valence-electron chi connectivity index (χ4n) is 1.90. The summed E-state index contributed by atoms with van der Waals surface area (Å²) in [5.74, 6) is -0.00699. The third kappa shape index (κ3) is 2.20. The van der Waals surface area contributed by atoms with Crippen molar-refractivity contribution in [3.63, 3.8) is 0 Å². The topological polar surface area (TPSA) is 46.3 Å². The van der Waals surface area contributed by atoms with Gasteiger partial charge in [0.25, 0.3) is 0 Å². The van der Waals surface area contributed by atoms with E-state index in [0.29, 0.717) is 0 Å². The molecule has 3 nitrogen and oxygen atoms in total. The standard InChI is InChI=1S/C12H16N2O.ClH/c1-12(2,13)11(15)14-8-7-9-5-3-4-6-10(9)14;/h3-6H,7-8,13H2,1-2H3;1H. The molecule has 0 radical (unpaired) electrons. The molecule has 1 aliphatic heterocycles. The minimum Gasteiger partial charge on any atom is -0.318 e. The van der Waals surface area contributed by atoms with Gasteiger partial charge in [-0.1, -0.05) is 18.2 Å². The average Bonchev–Trinajstić information content (AvgIpc) is 2.58. The molecule has 0 saturated carbocycles. The summed E-state index contributed by atoms with van der Waals surface area (Å²) in [5, 5.41) is 0. The number of nitrogens with two attached hydrogens (primary N) is 1. The molecule has 1 amide bonds. The maximum Gasteiger partial charge on any atom is 0.246 e. The number of fused-ring (bicyclic) bond motifs is 1. The summed E-state index contributed by atoms with van der Waals surface area (Å²) in [7, 11) is 0. The number of nitrogens with zero attached hydrogens (tertiary/aromatic N) is 1. The number of rotatable bonds is 1. The average molecular weight is 241 g/mol. The molecule has 2 N–H and O–H groups in total. The number of carbonyl (C=O) groups is 1. The van der Waals surface area contributed by atoms with Gasteiger partial charge in [-0.25, -0.2) is 0 Å². The van der Waals surface area contributed by atoms with E-state index in [1.54, 1.807) is 18.7 Å². The Morgan fingerprint density at radius 2 is 2.00 bits per heavy atom. The van der Waals surface area contributed by atoms with E-state index in [1.807, 2.05) is 18.2 Å². The van der Waals surface area contributed by atoms with Gasteiger partial charge in [-0.3, -0.25) is 4.79 Å². The van der Waals surface area contributed by atoms with E-state index >= 15 is 0 Å². The largest absolute Gasteiger partial charge is 0.318 e. The summed E-state index contributed by atoms with van der Waals surface area (Å²) < 4.78 is 0. The Morgan fingerprint density at radius 3 is 2.62 bits per heavy atom. The molecule has 1 aromatic carbocycles. The molecule has 1 heterocycles. The van der Waals surface area contributed by atoms with Gasteiger partial charge in [0.1, 0.15) is 0 Å². The van der Waals surface area contributed by atoms with Crippen LogP contribution in [-0.2, 0) is 11.2 Å². The van der Waals surface area contributed by atoms with E-state index in [-0.39, 0.29) is 18.3 Å². The van der Waals surface area contributed by atoms with Crippen molar-refractivity contribution in [3.05, 3.63) is 29.8 Å². The van der Waals surface area contributed by atoms with Crippen molar-refractivity contribution in [3.8, 4) is 0 Å². The highest BCUT2D eigenvalue weighted by molar-refractivity contribution is 6.01. The number of hydrogen-bond donors (Lipinski definition) is 1. The van der Waals surface area contributed by atoms with Crippen LogP contribution < -0.4 is 10.6 Å². The molecule has 0 aliphatic carbocycles. The van der Waals surface area contributed by atoms with Gasteiger partial charge in [-0.05, 0) is 31.9 Å². The van der Waals surface area contributed by atoms with E-state index in [9.17, 15) is 4.79 Å². The fraction of sp³-hybridized carbons (Fsp3) is 0.417. The van der Waals surface area contributed by atoms with Gasteiger partial charge in [0, 0.05) is 12.2 Å². The third-order valence-electron chi connectivity index (χ3n) is 2.68. The fourth-order valence-corrected chi connectivity index (χ4v) is 1.90. The number of hydrogen-bond acceptors (Lipinski definition) is 2. The molecule has 0 bridgehead atoms. The molecule has 0 saturated heterocycles. The lowest BCUT2D eigenvalue weighted by atomic mass is 10.1. The minimum absolute atomic E-state index is 0. The van der Waals surface area contributed by atoms with Crippen LogP contribution in [0.3, 0.4) is 0 Å². The van der Waals surface area contributed by atoms with Gasteiger partial charge in [0.15, 0.2) is 0 Å². The van der Waals surface area contributed by atoms with E-state index in [0.717, 1.165) is 18.7 Å². The third-order valence-corrected chi connectivity index (χ3v) is 2.68. The van der Waals surface area contributed by atoms with Crippen molar-refractivity contribution in [1.82, 2.24) is 0 Å². The highest BCUT2D eigenvalue weighted by Crippen LogP contribution is 2.28. The summed E-state index contributed by atoms with van der Waals surface area (Å²) in [4.78, 5) is 13.8. The van der Waals surface area contributed by atoms with Crippen molar-refractivity contribution < 1.29 is 4.79 Å². The van der Waals surface area contributed by atoms with Gasteiger partial charge in [0.05, 0.1) is 5.54 Å². The lowest BCUT2D eigenvalue weighted by molar-refractivity contribution is -0.122. The van der Waals surface area contributed by atoms with Crippen molar-refractivity contribution >= 4 is 24.0 Å². The second-order valence-electron chi connectivity index (χ2n) is 4.56. The lowest BCUT2D eigenvalue weighted by Gasteiger charge is -2.26. The number of amides is 1. The molecule has 16 heavy (non-hydrogen) atoms. The number of anilines is 1. The predicted molar refractivity (Wildman–Crippen MR) is 68.0 cm³/mol. The molecule has 1 aliphatic rings. The zero-order valence-electron chi connectivity index (χ0n) is 9.56. The zero-order valence-corrected chi connectivity index (χ0v) is 10.4. The first-order chi connectivity index (χ1) is 7.00. The first-order valence-electron chi connectivity index (χ1n) is 5.19. The molecule has 1 aromatic rings. The Kier molecular flexibility index (Phi) is 3.61. The number of para-hydroxylation sites is 1. The van der Waals surface area contributed by atoms with Crippen LogP contribution in [0.1, 0.15) is 19.4 Å². The highest BCUT2D eigenvalue weighted by Gasteiger charge is 2.32. The summed E-state index contributed by atoms with van der Waals surface area (Å²) in [6.45, 7) is 4.24. The van der Waals surface area contributed by atoms with Crippen LogP contribution in [0.2, 0.25) is 0 Å². The number of benzene rings is 1. The molecule has 88 valence electrons. The summed E-state index contributed by atoms with van der Waals surface area (Å²) >= 11 is 0. The Hall–Kier alpha value is -1.06. The lowest BCUT2D eigenvalue weighted by Crippen LogP contribution is -2.50. The van der Waals surface area contributed by atoms with Crippen LogP contribution >= 0.6 is 12.4 Å². The quantitative estimate of drug-likeness (QED) is 0.813. The van der Waals surface area contributed by atoms with Gasteiger partial charge in [0.2, 0.25) is 5.91 Å². The van der Waals surface area contributed by atoms with Crippen LogP contribution in [0.5, 0.6) is 0 Å². The van der Waals surface area contributed by atoms with Gasteiger partial charge in [-0.15, -0.1) is 12.4 Å². The normalized spacial score (nSPS) is 14.3. The maximum atomic E-state index is 12.0. The smallest absolute Gasteiger partial charge is 0.246 e. The molecule has 0 spiro atoms. The van der Waals surface area contributed by atoms with E-state index in [4.69, 9.17) is 5.73 Å². The van der Waals surface area contributed by atoms with Crippen molar-refractivity contribution in [2.45, 2.75) is 25.8 Å². The van der Waals surface area contributed by atoms with Crippen LogP contribution in [0, 0.1) is 0 Å². The maximum absolute atomic E-state index is 12.0. The van der Waals surface area contributed by atoms with Crippen molar-refractivity contribution in [1.29, 1.82) is 0 Å². The van der Waals surface area contributed by atoms with Gasteiger partial charge in [-0.2, -0.15) is 0 Å². The Bertz CT molecular complexity index is 398. The van der Waals surface area contributed by atoms with Crippen LogP contribution in [-0.4, -0.2) is 18.0 Å². The van der Waals surface area contributed by atoms with Crippen LogP contribution in [0.15, 0.2) is 24.3 Å². The molecule has 4 heteroatoms. The van der Waals surface area contributed by atoms with Crippen molar-refractivity contribution in [2.75, 3.05) is 11.4 Å². The summed E-state index contributed by atoms with van der Waals surface area (Å²) in [6.07, 6.45) is 0.929. The molecule has 0 fully saturated rings. The second kappa shape index (κ2) is 4.44. The first kappa shape index (κ1) is 13.0. The molecule has 0 aromatic heterocycles. The van der Waals surface area contributed by atoms with E-state index in [1.165, 1.54) is 5.56 Å². The SMILES string of the molecule is CC(C)(N)C(=O)N1CCc2ccccc21.Cl. The zero-order chi connectivity index (χ0) is 11.1. The second-order valence-corrected chi connectivity index (χ2v) is 4.56. The number of halogens is 1. The minimum atomic E-state index is -0.794. The van der Waals surface area contributed by atoms with E-state index < -0.39 is 5.54 Å². The van der Waals surface area contributed by atoms with E-state index in [2.05, 4.69) is 6.07 Å². The monoisotopic (exact) mass is 240 g/mol. The van der Waals surface area contributed by atoms with Crippen molar-refractivity contribution in [2.24, 2.45) is 5.73 Å². The Labute approximate surface area is 102 Å². The van der Waals surface area contributed by atoms with Crippen LogP contribution in [0.25, 0.3) is 0 Å². The summed E-state index contributed by atoms with van der Waals surface area (Å²) in [6, 6.07) is 7.99. The first-order valence-corrected chi connectivity index (χ1v) is 5.19.